The molecule has 5 heteroatoms. The second-order valence-electron chi connectivity index (χ2n) is 5.40. The van der Waals surface area contributed by atoms with Gasteiger partial charge in [0.05, 0.1) is 5.56 Å². The molecule has 1 aromatic carbocycles. The lowest BCUT2D eigenvalue weighted by molar-refractivity contribution is -0.137. The van der Waals surface area contributed by atoms with Crippen LogP contribution < -0.4 is 0 Å². The maximum Gasteiger partial charge on any atom is 0.416 e. The number of ketones is 1. The zero-order chi connectivity index (χ0) is 15.5. The van der Waals surface area contributed by atoms with Crippen LogP contribution in [0.4, 0.5) is 13.2 Å². The molecule has 0 amide bonds. The summed E-state index contributed by atoms with van der Waals surface area (Å²) in [5.41, 5.74) is -1.66. The summed E-state index contributed by atoms with van der Waals surface area (Å²) in [6, 6.07) is 4.62. The van der Waals surface area contributed by atoms with Crippen molar-refractivity contribution in [1.29, 1.82) is 0 Å². The second-order valence-corrected chi connectivity index (χ2v) is 5.40. The van der Waals surface area contributed by atoms with Gasteiger partial charge < -0.3 is 4.74 Å². The minimum Gasteiger partial charge on any atom is -0.367 e. The maximum absolute atomic E-state index is 12.8. The van der Waals surface area contributed by atoms with Gasteiger partial charge in [-0.1, -0.05) is 31.4 Å². The van der Waals surface area contributed by atoms with E-state index in [9.17, 15) is 18.0 Å². The number of benzene rings is 1. The molecule has 1 saturated carbocycles. The first-order valence-electron chi connectivity index (χ1n) is 7.25. The van der Waals surface area contributed by atoms with Crippen LogP contribution in [0.25, 0.3) is 0 Å². The summed E-state index contributed by atoms with van der Waals surface area (Å²) in [4.78, 5) is 12.7. The Morgan fingerprint density at radius 2 is 1.90 bits per heavy atom. The van der Waals surface area contributed by atoms with Crippen LogP contribution in [0, 0.1) is 0 Å². The van der Waals surface area contributed by atoms with Gasteiger partial charge in [-0.05, 0) is 31.9 Å². The number of alkyl halides is 3. The SMILES string of the molecule is CCOC1(C(=O)c2cccc(C(F)(F)F)c2)CCCCC1. The van der Waals surface area contributed by atoms with E-state index in [-0.39, 0.29) is 11.3 Å². The van der Waals surface area contributed by atoms with Crippen LogP contribution >= 0.6 is 0 Å². The highest BCUT2D eigenvalue weighted by molar-refractivity contribution is 6.02. The predicted molar refractivity (Wildman–Crippen MR) is 73.2 cm³/mol. The third-order valence-corrected chi connectivity index (χ3v) is 3.95. The van der Waals surface area contributed by atoms with Crippen molar-refractivity contribution in [1.82, 2.24) is 0 Å². The van der Waals surface area contributed by atoms with Gasteiger partial charge in [0.2, 0.25) is 0 Å². The van der Waals surface area contributed by atoms with E-state index in [1.165, 1.54) is 12.1 Å². The standard InChI is InChI=1S/C16H19F3O2/c1-2-21-15(9-4-3-5-10-15)14(20)12-7-6-8-13(11-12)16(17,18)19/h6-8,11H,2-5,9-10H2,1H3. The van der Waals surface area contributed by atoms with E-state index in [2.05, 4.69) is 0 Å². The molecular formula is C16H19F3O2. The molecule has 0 aromatic heterocycles. The van der Waals surface area contributed by atoms with Gasteiger partial charge in [-0.2, -0.15) is 13.2 Å². The van der Waals surface area contributed by atoms with Crippen molar-refractivity contribution in [3.05, 3.63) is 35.4 Å². The average molecular weight is 300 g/mol. The number of carbonyl (C=O) groups is 1. The first-order valence-corrected chi connectivity index (χ1v) is 7.25. The minimum absolute atomic E-state index is 0.0835. The highest BCUT2D eigenvalue weighted by Gasteiger charge is 2.41. The lowest BCUT2D eigenvalue weighted by Crippen LogP contribution is -2.43. The Balaban J connectivity index is 2.33. The molecule has 0 bridgehead atoms. The summed E-state index contributed by atoms with van der Waals surface area (Å²) < 4.78 is 44.0. The Morgan fingerprint density at radius 3 is 2.48 bits per heavy atom. The van der Waals surface area contributed by atoms with E-state index in [1.807, 2.05) is 0 Å². The molecule has 0 heterocycles. The molecule has 21 heavy (non-hydrogen) atoms. The van der Waals surface area contributed by atoms with Crippen LogP contribution in [0.5, 0.6) is 0 Å². The van der Waals surface area contributed by atoms with E-state index >= 15 is 0 Å². The van der Waals surface area contributed by atoms with E-state index in [4.69, 9.17) is 4.74 Å². The average Bonchev–Trinajstić information content (AvgIpc) is 2.47. The van der Waals surface area contributed by atoms with Gasteiger partial charge in [0.25, 0.3) is 0 Å². The fourth-order valence-electron chi connectivity index (χ4n) is 2.94. The number of Topliss-reactive ketones (excluding diaryl/α,β-unsaturated/α-hetero) is 1. The van der Waals surface area contributed by atoms with E-state index < -0.39 is 17.3 Å². The summed E-state index contributed by atoms with van der Waals surface area (Å²) >= 11 is 0. The molecule has 0 spiro atoms. The Morgan fingerprint density at radius 1 is 1.24 bits per heavy atom. The van der Waals surface area contributed by atoms with Crippen molar-refractivity contribution in [2.75, 3.05) is 6.61 Å². The Hall–Kier alpha value is -1.36. The predicted octanol–water partition coefficient (Wildman–Crippen LogP) is 4.63. The molecule has 116 valence electrons. The van der Waals surface area contributed by atoms with E-state index in [1.54, 1.807) is 6.92 Å². The van der Waals surface area contributed by atoms with E-state index in [0.29, 0.717) is 19.4 Å². The fourth-order valence-corrected chi connectivity index (χ4v) is 2.94. The van der Waals surface area contributed by atoms with Crippen molar-refractivity contribution in [2.45, 2.75) is 50.8 Å². The fraction of sp³-hybridized carbons (Fsp3) is 0.562. The van der Waals surface area contributed by atoms with Gasteiger partial charge in [0.1, 0.15) is 5.60 Å². The quantitative estimate of drug-likeness (QED) is 0.758. The Bertz CT molecular complexity index is 497. The second kappa shape index (κ2) is 6.18. The monoisotopic (exact) mass is 300 g/mol. The molecule has 1 aliphatic carbocycles. The molecule has 0 saturated heterocycles. The summed E-state index contributed by atoms with van der Waals surface area (Å²) in [6.07, 6.45) is -0.520. The molecule has 1 fully saturated rings. The molecule has 1 aromatic rings. The van der Waals surface area contributed by atoms with Crippen LogP contribution in [0.1, 0.15) is 54.9 Å². The molecule has 2 nitrogen and oxygen atoms in total. The smallest absolute Gasteiger partial charge is 0.367 e. The normalized spacial score (nSPS) is 18.5. The number of halogens is 3. The molecule has 0 N–H and O–H groups in total. The molecular weight excluding hydrogens is 281 g/mol. The zero-order valence-corrected chi connectivity index (χ0v) is 12.0. The lowest BCUT2D eigenvalue weighted by atomic mass is 9.79. The van der Waals surface area contributed by atoms with Crippen LogP contribution in [-0.2, 0) is 10.9 Å². The highest BCUT2D eigenvalue weighted by Crippen LogP contribution is 2.36. The van der Waals surface area contributed by atoms with Crippen molar-refractivity contribution < 1.29 is 22.7 Å². The van der Waals surface area contributed by atoms with Crippen LogP contribution in [0.2, 0.25) is 0 Å². The molecule has 0 atom stereocenters. The summed E-state index contributed by atoms with van der Waals surface area (Å²) in [7, 11) is 0. The molecule has 2 rings (SSSR count). The van der Waals surface area contributed by atoms with Crippen LogP contribution in [0.3, 0.4) is 0 Å². The molecule has 0 unspecified atom stereocenters. The highest BCUT2D eigenvalue weighted by atomic mass is 19.4. The maximum atomic E-state index is 12.8. The first kappa shape index (κ1) is 16.0. The van der Waals surface area contributed by atoms with E-state index in [0.717, 1.165) is 31.4 Å². The minimum atomic E-state index is -4.44. The van der Waals surface area contributed by atoms with Crippen LogP contribution in [0.15, 0.2) is 24.3 Å². The van der Waals surface area contributed by atoms with Gasteiger partial charge in [0.15, 0.2) is 5.78 Å². The number of hydrogen-bond donors (Lipinski definition) is 0. The van der Waals surface area contributed by atoms with Gasteiger partial charge in [-0.15, -0.1) is 0 Å². The first-order chi connectivity index (χ1) is 9.89. The van der Waals surface area contributed by atoms with Crippen LogP contribution in [-0.4, -0.2) is 18.0 Å². The number of hydrogen-bond acceptors (Lipinski definition) is 2. The van der Waals surface area contributed by atoms with Crippen molar-refractivity contribution in [3.8, 4) is 0 Å². The van der Waals surface area contributed by atoms with Gasteiger partial charge >= 0.3 is 6.18 Å². The molecule has 0 radical (unpaired) electrons. The van der Waals surface area contributed by atoms with Crippen molar-refractivity contribution in [3.63, 3.8) is 0 Å². The van der Waals surface area contributed by atoms with Gasteiger partial charge in [-0.25, -0.2) is 0 Å². The van der Waals surface area contributed by atoms with Crippen molar-refractivity contribution in [2.24, 2.45) is 0 Å². The summed E-state index contributed by atoms with van der Waals surface area (Å²) in [5, 5.41) is 0. The van der Waals surface area contributed by atoms with Crippen molar-refractivity contribution >= 4 is 5.78 Å². The third-order valence-electron chi connectivity index (χ3n) is 3.95. The zero-order valence-electron chi connectivity index (χ0n) is 12.0. The molecule has 0 aliphatic heterocycles. The molecule has 1 aliphatic rings. The third kappa shape index (κ3) is 3.46. The lowest BCUT2D eigenvalue weighted by Gasteiger charge is -2.35. The summed E-state index contributed by atoms with van der Waals surface area (Å²) in [6.45, 7) is 2.18. The number of carbonyl (C=O) groups excluding carboxylic acids is 1. The topological polar surface area (TPSA) is 26.3 Å². The van der Waals surface area contributed by atoms with Gasteiger partial charge in [0, 0.05) is 12.2 Å². The number of rotatable bonds is 4. The number of ether oxygens (including phenoxy) is 1. The largest absolute Gasteiger partial charge is 0.416 e. The summed E-state index contributed by atoms with van der Waals surface area (Å²) in [5.74, 6) is -0.324. The Labute approximate surface area is 122 Å². The Kier molecular flexibility index (Phi) is 4.71. The van der Waals surface area contributed by atoms with Gasteiger partial charge in [-0.3, -0.25) is 4.79 Å².